The third-order valence-corrected chi connectivity index (χ3v) is 3.93. The Balaban J connectivity index is 2.03. The first-order valence-electron chi connectivity index (χ1n) is 8.44. The summed E-state index contributed by atoms with van der Waals surface area (Å²) < 4.78 is 0. The van der Waals surface area contributed by atoms with Crippen molar-refractivity contribution in [1.82, 2.24) is 15.6 Å². The summed E-state index contributed by atoms with van der Waals surface area (Å²) >= 11 is 0. The van der Waals surface area contributed by atoms with Gasteiger partial charge in [-0.3, -0.25) is 14.6 Å². The van der Waals surface area contributed by atoms with Crippen molar-refractivity contribution in [2.24, 2.45) is 0 Å². The maximum atomic E-state index is 12.4. The van der Waals surface area contributed by atoms with Gasteiger partial charge in [0.1, 0.15) is 5.69 Å². The number of amides is 2. The lowest BCUT2D eigenvalue weighted by molar-refractivity contribution is 0.0919. The SMILES string of the molecule is CC(C)(C)NC(=O)c1ccnc(C(=O)NC2CCCCCC2)c1. The number of aromatic nitrogens is 1. The lowest BCUT2D eigenvalue weighted by Crippen LogP contribution is -2.40. The van der Waals surface area contributed by atoms with Gasteiger partial charge in [0.05, 0.1) is 0 Å². The van der Waals surface area contributed by atoms with E-state index in [2.05, 4.69) is 15.6 Å². The molecule has 1 aromatic heterocycles. The molecule has 1 aliphatic carbocycles. The van der Waals surface area contributed by atoms with Gasteiger partial charge in [-0.05, 0) is 45.7 Å². The molecule has 1 heterocycles. The van der Waals surface area contributed by atoms with E-state index in [-0.39, 0.29) is 23.4 Å². The summed E-state index contributed by atoms with van der Waals surface area (Å²) in [6.45, 7) is 5.77. The second-order valence-corrected chi connectivity index (χ2v) is 7.30. The Bertz CT molecular complexity index is 556. The molecule has 0 bridgehead atoms. The smallest absolute Gasteiger partial charge is 0.270 e. The topological polar surface area (TPSA) is 71.1 Å². The molecule has 0 saturated heterocycles. The van der Waals surface area contributed by atoms with Gasteiger partial charge in [0.2, 0.25) is 0 Å². The average Bonchev–Trinajstić information content (AvgIpc) is 2.74. The van der Waals surface area contributed by atoms with Crippen LogP contribution in [0.1, 0.15) is 80.1 Å². The highest BCUT2D eigenvalue weighted by Gasteiger charge is 2.19. The fourth-order valence-corrected chi connectivity index (χ4v) is 2.79. The summed E-state index contributed by atoms with van der Waals surface area (Å²) in [6.07, 6.45) is 8.37. The fraction of sp³-hybridized carbons (Fsp3) is 0.611. The van der Waals surface area contributed by atoms with Crippen LogP contribution >= 0.6 is 0 Å². The molecule has 1 saturated carbocycles. The molecule has 5 nitrogen and oxygen atoms in total. The summed E-state index contributed by atoms with van der Waals surface area (Å²) in [5.74, 6) is -0.384. The fourth-order valence-electron chi connectivity index (χ4n) is 2.79. The lowest BCUT2D eigenvalue weighted by Gasteiger charge is -2.20. The summed E-state index contributed by atoms with van der Waals surface area (Å²) in [4.78, 5) is 28.7. The molecule has 2 rings (SSSR count). The Morgan fingerprint density at radius 1 is 1.09 bits per heavy atom. The van der Waals surface area contributed by atoms with Crippen molar-refractivity contribution in [1.29, 1.82) is 0 Å². The van der Waals surface area contributed by atoms with Gasteiger partial charge >= 0.3 is 0 Å². The van der Waals surface area contributed by atoms with Crippen molar-refractivity contribution >= 4 is 11.8 Å². The second kappa shape index (κ2) is 7.57. The van der Waals surface area contributed by atoms with Crippen molar-refractivity contribution in [3.05, 3.63) is 29.6 Å². The Hall–Kier alpha value is -1.91. The van der Waals surface area contributed by atoms with Gasteiger partial charge in [-0.2, -0.15) is 0 Å². The van der Waals surface area contributed by atoms with Gasteiger partial charge in [-0.15, -0.1) is 0 Å². The molecule has 23 heavy (non-hydrogen) atoms. The van der Waals surface area contributed by atoms with Gasteiger partial charge in [0.15, 0.2) is 0 Å². The first kappa shape index (κ1) is 17.4. The van der Waals surface area contributed by atoms with Gasteiger partial charge in [-0.25, -0.2) is 0 Å². The van der Waals surface area contributed by atoms with Crippen LogP contribution in [-0.4, -0.2) is 28.4 Å². The highest BCUT2D eigenvalue weighted by molar-refractivity contribution is 5.98. The average molecular weight is 317 g/mol. The molecule has 1 fully saturated rings. The van der Waals surface area contributed by atoms with E-state index in [0.29, 0.717) is 11.3 Å². The minimum atomic E-state index is -0.316. The van der Waals surface area contributed by atoms with Crippen molar-refractivity contribution in [2.45, 2.75) is 70.9 Å². The Labute approximate surface area is 138 Å². The minimum absolute atomic E-state index is 0.191. The van der Waals surface area contributed by atoms with Crippen molar-refractivity contribution in [3.63, 3.8) is 0 Å². The zero-order chi connectivity index (χ0) is 16.9. The molecule has 0 atom stereocenters. The number of pyridine rings is 1. The highest BCUT2D eigenvalue weighted by Crippen LogP contribution is 2.17. The third kappa shape index (κ3) is 5.66. The monoisotopic (exact) mass is 317 g/mol. The van der Waals surface area contributed by atoms with E-state index in [1.165, 1.54) is 19.0 Å². The van der Waals surface area contributed by atoms with Crippen LogP contribution in [0.5, 0.6) is 0 Å². The summed E-state index contributed by atoms with van der Waals surface area (Å²) in [5.41, 5.74) is 0.445. The molecule has 0 unspecified atom stereocenters. The number of carbonyl (C=O) groups excluding carboxylic acids is 2. The minimum Gasteiger partial charge on any atom is -0.348 e. The Morgan fingerprint density at radius 3 is 2.35 bits per heavy atom. The third-order valence-electron chi connectivity index (χ3n) is 3.93. The van der Waals surface area contributed by atoms with E-state index in [4.69, 9.17) is 0 Å². The molecule has 5 heteroatoms. The standard InChI is InChI=1S/C18H27N3O2/c1-18(2,3)21-16(22)13-10-11-19-15(12-13)17(23)20-14-8-6-4-5-7-9-14/h10-12,14H,4-9H2,1-3H3,(H,20,23)(H,21,22). The number of hydrogen-bond acceptors (Lipinski definition) is 3. The highest BCUT2D eigenvalue weighted by atomic mass is 16.2. The lowest BCUT2D eigenvalue weighted by atomic mass is 10.1. The first-order valence-corrected chi connectivity index (χ1v) is 8.44. The summed E-state index contributed by atoms with van der Waals surface area (Å²) in [5, 5.41) is 5.95. The predicted octanol–water partition coefficient (Wildman–Crippen LogP) is 3.06. The van der Waals surface area contributed by atoms with Crippen LogP contribution in [0.3, 0.4) is 0 Å². The van der Waals surface area contributed by atoms with Crippen LogP contribution < -0.4 is 10.6 Å². The zero-order valence-electron chi connectivity index (χ0n) is 14.3. The van der Waals surface area contributed by atoms with E-state index >= 15 is 0 Å². The van der Waals surface area contributed by atoms with Gasteiger partial charge in [0, 0.05) is 23.3 Å². The van der Waals surface area contributed by atoms with E-state index in [1.807, 2.05) is 20.8 Å². The number of rotatable bonds is 3. The zero-order valence-corrected chi connectivity index (χ0v) is 14.3. The van der Waals surface area contributed by atoms with Crippen LogP contribution in [0.2, 0.25) is 0 Å². The predicted molar refractivity (Wildman–Crippen MR) is 90.4 cm³/mol. The molecule has 2 N–H and O–H groups in total. The van der Waals surface area contributed by atoms with Crippen molar-refractivity contribution in [3.8, 4) is 0 Å². The molecule has 0 radical (unpaired) electrons. The van der Waals surface area contributed by atoms with Crippen LogP contribution in [0.25, 0.3) is 0 Å². The van der Waals surface area contributed by atoms with Crippen molar-refractivity contribution in [2.75, 3.05) is 0 Å². The molecule has 0 aliphatic heterocycles. The molecule has 1 aliphatic rings. The molecule has 0 spiro atoms. The van der Waals surface area contributed by atoms with E-state index in [0.717, 1.165) is 25.7 Å². The van der Waals surface area contributed by atoms with Gasteiger partial charge in [-0.1, -0.05) is 25.7 Å². The molecule has 1 aromatic rings. The van der Waals surface area contributed by atoms with E-state index in [9.17, 15) is 9.59 Å². The number of carbonyl (C=O) groups is 2. The maximum Gasteiger partial charge on any atom is 0.270 e. The molecular formula is C18H27N3O2. The quantitative estimate of drug-likeness (QED) is 0.842. The molecular weight excluding hydrogens is 290 g/mol. The van der Waals surface area contributed by atoms with Crippen LogP contribution in [0.15, 0.2) is 18.3 Å². The Morgan fingerprint density at radius 2 is 1.74 bits per heavy atom. The van der Waals surface area contributed by atoms with Crippen LogP contribution in [0, 0.1) is 0 Å². The summed E-state index contributed by atoms with van der Waals surface area (Å²) in [6, 6.07) is 3.41. The van der Waals surface area contributed by atoms with Crippen molar-refractivity contribution < 1.29 is 9.59 Å². The molecule has 2 amide bonds. The molecule has 0 aromatic carbocycles. The number of nitrogens with one attached hydrogen (secondary N) is 2. The largest absolute Gasteiger partial charge is 0.348 e. The number of nitrogens with zero attached hydrogens (tertiary/aromatic N) is 1. The summed E-state index contributed by atoms with van der Waals surface area (Å²) in [7, 11) is 0. The second-order valence-electron chi connectivity index (χ2n) is 7.30. The van der Waals surface area contributed by atoms with E-state index < -0.39 is 0 Å². The van der Waals surface area contributed by atoms with Gasteiger partial charge in [0.25, 0.3) is 11.8 Å². The molecule has 126 valence electrons. The number of hydrogen-bond donors (Lipinski definition) is 2. The van der Waals surface area contributed by atoms with Gasteiger partial charge < -0.3 is 10.6 Å². The van der Waals surface area contributed by atoms with E-state index in [1.54, 1.807) is 12.1 Å². The first-order chi connectivity index (χ1) is 10.8. The Kier molecular flexibility index (Phi) is 5.74. The normalized spacial score (nSPS) is 16.5. The maximum absolute atomic E-state index is 12.4. The van der Waals surface area contributed by atoms with Crippen LogP contribution in [0.4, 0.5) is 0 Å². The van der Waals surface area contributed by atoms with Crippen LogP contribution in [-0.2, 0) is 0 Å².